The first-order chi connectivity index (χ1) is 16.4. The van der Waals surface area contributed by atoms with Crippen LogP contribution in [0.5, 0.6) is 5.75 Å². The molecule has 5 rings (SSSR count). The number of amides is 1. The molecule has 6 nitrogen and oxygen atoms in total. The number of anilines is 1. The number of nitrogens with zero attached hydrogens (tertiary/aromatic N) is 2. The second-order valence-corrected chi connectivity index (χ2v) is 8.89. The first-order valence-electron chi connectivity index (χ1n) is 10.5. The molecule has 2 heterocycles. The van der Waals surface area contributed by atoms with E-state index in [4.69, 9.17) is 4.74 Å². The average Bonchev–Trinajstić information content (AvgIpc) is 3.36. The van der Waals surface area contributed by atoms with Crippen LogP contribution in [0.2, 0.25) is 0 Å². The van der Waals surface area contributed by atoms with Gasteiger partial charge in [-0.1, -0.05) is 59.4 Å². The molecule has 1 aliphatic rings. The molecule has 1 atom stereocenters. The van der Waals surface area contributed by atoms with Gasteiger partial charge in [-0.25, -0.2) is 9.37 Å². The lowest BCUT2D eigenvalue weighted by Gasteiger charge is -2.24. The van der Waals surface area contributed by atoms with E-state index in [0.29, 0.717) is 27.1 Å². The first-order valence-corrected chi connectivity index (χ1v) is 11.3. The maximum Gasteiger partial charge on any atom is 0.301 e. The highest BCUT2D eigenvalue weighted by Crippen LogP contribution is 2.46. The second kappa shape index (κ2) is 8.39. The molecule has 1 N–H and O–H groups in total. The van der Waals surface area contributed by atoms with Crippen molar-refractivity contribution in [3.8, 4) is 5.75 Å². The van der Waals surface area contributed by atoms with E-state index >= 15 is 0 Å². The molecule has 1 amide bonds. The Labute approximate surface area is 198 Å². The Hall–Kier alpha value is -4.04. The minimum Gasteiger partial charge on any atom is -0.507 e. The largest absolute Gasteiger partial charge is 0.507 e. The van der Waals surface area contributed by atoms with Crippen molar-refractivity contribution in [2.24, 2.45) is 0 Å². The van der Waals surface area contributed by atoms with E-state index in [0.717, 1.165) is 16.9 Å². The van der Waals surface area contributed by atoms with Gasteiger partial charge in [0.1, 0.15) is 23.4 Å². The normalized spacial score (nSPS) is 17.5. The second-order valence-electron chi connectivity index (χ2n) is 7.89. The van der Waals surface area contributed by atoms with Gasteiger partial charge in [0, 0.05) is 11.1 Å². The van der Waals surface area contributed by atoms with Gasteiger partial charge in [0.05, 0.1) is 22.9 Å². The summed E-state index contributed by atoms with van der Waals surface area (Å²) in [4.78, 5) is 32.3. The zero-order chi connectivity index (χ0) is 24.0. The quantitative estimate of drug-likeness (QED) is 0.244. The summed E-state index contributed by atoms with van der Waals surface area (Å²) in [5.74, 6) is -1.93. The number of aryl methyl sites for hydroxylation is 1. The third-order valence-electron chi connectivity index (χ3n) is 5.75. The molecule has 34 heavy (non-hydrogen) atoms. The third kappa shape index (κ3) is 3.52. The monoisotopic (exact) mass is 474 g/mol. The smallest absolute Gasteiger partial charge is 0.301 e. The lowest BCUT2D eigenvalue weighted by molar-refractivity contribution is -0.132. The Morgan fingerprint density at radius 1 is 1.09 bits per heavy atom. The lowest BCUT2D eigenvalue weighted by Crippen LogP contribution is -2.29. The molecule has 3 aromatic carbocycles. The molecular formula is C26H19FN2O4S. The number of hydrogen-bond acceptors (Lipinski definition) is 6. The number of aliphatic hydroxyl groups is 1. The Morgan fingerprint density at radius 3 is 2.56 bits per heavy atom. The van der Waals surface area contributed by atoms with Crippen LogP contribution < -0.4 is 9.64 Å². The summed E-state index contributed by atoms with van der Waals surface area (Å²) in [5.41, 5.74) is 2.35. The maximum atomic E-state index is 13.8. The molecule has 1 saturated heterocycles. The average molecular weight is 475 g/mol. The molecule has 0 spiro atoms. The summed E-state index contributed by atoms with van der Waals surface area (Å²) >= 11 is 1.09. The molecule has 0 saturated carbocycles. The Balaban J connectivity index is 1.76. The van der Waals surface area contributed by atoms with E-state index in [9.17, 15) is 19.1 Å². The highest BCUT2D eigenvalue weighted by atomic mass is 32.1. The van der Waals surface area contributed by atoms with Crippen LogP contribution in [0.25, 0.3) is 16.0 Å². The highest BCUT2D eigenvalue weighted by Gasteiger charge is 2.49. The van der Waals surface area contributed by atoms with Crippen molar-refractivity contribution < 1.29 is 23.8 Å². The summed E-state index contributed by atoms with van der Waals surface area (Å²) in [6.45, 7) is 1.91. The van der Waals surface area contributed by atoms with Gasteiger partial charge in [0.15, 0.2) is 5.13 Å². The molecule has 0 bridgehead atoms. The van der Waals surface area contributed by atoms with Crippen LogP contribution >= 0.6 is 11.3 Å². The number of halogens is 1. The molecule has 0 unspecified atom stereocenters. The number of aromatic nitrogens is 1. The van der Waals surface area contributed by atoms with Crippen molar-refractivity contribution >= 4 is 44.1 Å². The van der Waals surface area contributed by atoms with Crippen molar-refractivity contribution in [3.63, 3.8) is 0 Å². The minimum absolute atomic E-state index is 0.0659. The SMILES string of the molecule is COc1ccccc1[C@@H]1/C(=C(\O)c2ccc(C)cc2)C(=O)C(=O)N1c1nc2ccc(F)cc2s1. The topological polar surface area (TPSA) is 79.7 Å². The van der Waals surface area contributed by atoms with Crippen LogP contribution in [-0.4, -0.2) is 28.9 Å². The van der Waals surface area contributed by atoms with Crippen LogP contribution in [0.1, 0.15) is 22.7 Å². The number of rotatable bonds is 4. The van der Waals surface area contributed by atoms with Gasteiger partial charge in [-0.2, -0.15) is 0 Å². The Bertz CT molecular complexity index is 1480. The fourth-order valence-electron chi connectivity index (χ4n) is 4.07. The van der Waals surface area contributed by atoms with Crippen molar-refractivity contribution in [2.45, 2.75) is 13.0 Å². The standard InChI is InChI=1S/C26H19FN2O4S/c1-14-7-9-15(10-8-14)23(30)21-22(17-5-3-4-6-19(17)33-2)29(25(32)24(21)31)26-28-18-12-11-16(27)13-20(18)34-26/h3-13,22,30H,1-2H3/b23-21+/t22-/m1/s1. The van der Waals surface area contributed by atoms with Crippen LogP contribution in [0.4, 0.5) is 9.52 Å². The van der Waals surface area contributed by atoms with E-state index in [1.807, 2.05) is 19.1 Å². The Kier molecular flexibility index (Phi) is 5.37. The maximum absolute atomic E-state index is 13.8. The van der Waals surface area contributed by atoms with E-state index in [1.54, 1.807) is 36.4 Å². The fraction of sp³-hybridized carbons (Fsp3) is 0.115. The number of carbonyl (C=O) groups is 2. The van der Waals surface area contributed by atoms with E-state index in [1.165, 1.54) is 30.2 Å². The van der Waals surface area contributed by atoms with Crippen LogP contribution in [-0.2, 0) is 9.59 Å². The molecule has 8 heteroatoms. The number of hydrogen-bond donors (Lipinski definition) is 1. The number of Topliss-reactive ketones (excluding diaryl/α,β-unsaturated/α-hetero) is 1. The number of para-hydroxylation sites is 1. The van der Waals surface area contributed by atoms with Crippen LogP contribution in [0.15, 0.2) is 72.3 Å². The van der Waals surface area contributed by atoms with Gasteiger partial charge >= 0.3 is 5.91 Å². The molecule has 170 valence electrons. The van der Waals surface area contributed by atoms with Crippen molar-refractivity contribution in [3.05, 3.63) is 94.8 Å². The Morgan fingerprint density at radius 2 is 1.82 bits per heavy atom. The molecule has 1 aliphatic heterocycles. The fourth-order valence-corrected chi connectivity index (χ4v) is 5.09. The van der Waals surface area contributed by atoms with Gasteiger partial charge in [-0.3, -0.25) is 14.5 Å². The summed E-state index contributed by atoms with van der Waals surface area (Å²) in [7, 11) is 1.49. The molecule has 0 aliphatic carbocycles. The van der Waals surface area contributed by atoms with Gasteiger partial charge < -0.3 is 9.84 Å². The number of ether oxygens (including phenoxy) is 1. The van der Waals surface area contributed by atoms with E-state index in [2.05, 4.69) is 4.98 Å². The number of carbonyl (C=O) groups excluding carboxylic acids is 2. The molecule has 4 aromatic rings. The predicted octanol–water partition coefficient (Wildman–Crippen LogP) is 5.38. The number of aliphatic hydroxyl groups excluding tert-OH is 1. The number of benzene rings is 3. The number of fused-ring (bicyclic) bond motifs is 1. The van der Waals surface area contributed by atoms with Crippen molar-refractivity contribution in [1.82, 2.24) is 4.98 Å². The molecule has 0 radical (unpaired) electrons. The first kappa shape index (κ1) is 21.8. The van der Waals surface area contributed by atoms with E-state index < -0.39 is 23.5 Å². The van der Waals surface area contributed by atoms with Gasteiger partial charge in [-0.05, 0) is 31.2 Å². The minimum atomic E-state index is -0.983. The molecule has 1 fully saturated rings. The van der Waals surface area contributed by atoms with Gasteiger partial charge in [0.2, 0.25) is 0 Å². The van der Waals surface area contributed by atoms with Crippen molar-refractivity contribution in [2.75, 3.05) is 12.0 Å². The van der Waals surface area contributed by atoms with Crippen LogP contribution in [0, 0.1) is 12.7 Å². The van der Waals surface area contributed by atoms with E-state index in [-0.39, 0.29) is 16.5 Å². The van der Waals surface area contributed by atoms with Crippen LogP contribution in [0.3, 0.4) is 0 Å². The lowest BCUT2D eigenvalue weighted by atomic mass is 9.94. The molecule has 1 aromatic heterocycles. The van der Waals surface area contributed by atoms with Gasteiger partial charge in [-0.15, -0.1) is 0 Å². The predicted molar refractivity (Wildman–Crippen MR) is 129 cm³/mol. The summed E-state index contributed by atoms with van der Waals surface area (Å²) in [5, 5.41) is 11.4. The van der Waals surface area contributed by atoms with Crippen molar-refractivity contribution in [1.29, 1.82) is 0 Å². The summed E-state index contributed by atoms with van der Waals surface area (Å²) in [6.07, 6.45) is 0. The van der Waals surface area contributed by atoms with Gasteiger partial charge in [0.25, 0.3) is 5.78 Å². The summed E-state index contributed by atoms with van der Waals surface area (Å²) in [6, 6.07) is 17.1. The highest BCUT2D eigenvalue weighted by molar-refractivity contribution is 7.22. The number of ketones is 1. The zero-order valence-electron chi connectivity index (χ0n) is 18.3. The third-order valence-corrected chi connectivity index (χ3v) is 6.77. The number of thiazole rings is 1. The number of methoxy groups -OCH3 is 1. The summed E-state index contributed by atoms with van der Waals surface area (Å²) < 4.78 is 19.8. The zero-order valence-corrected chi connectivity index (χ0v) is 19.1. The molecular weight excluding hydrogens is 455 g/mol.